The quantitative estimate of drug-likeness (QED) is 0.0922. The molecule has 0 fully saturated rings. The van der Waals surface area contributed by atoms with Crippen LogP contribution in [0.5, 0.6) is 0 Å². The van der Waals surface area contributed by atoms with E-state index in [1.54, 1.807) is 0 Å². The van der Waals surface area contributed by atoms with Crippen LogP contribution in [0.25, 0.3) is 0 Å². The third-order valence-electron chi connectivity index (χ3n) is 5.14. The van der Waals surface area contributed by atoms with E-state index in [0.717, 1.165) is 51.4 Å². The summed E-state index contributed by atoms with van der Waals surface area (Å²) in [6.45, 7) is 2.87. The maximum absolute atomic E-state index is 11.7. The standard InChI is InChI=1S/C24H44Cl2O4/c1-2-3-4-5-6-7-8-11-14-17-20-29-23(27)18-15-12-9-10-13-16-19-24(28)30-21-22(25)26/h22H,2-21H2,1H3. The van der Waals surface area contributed by atoms with E-state index in [2.05, 4.69) is 6.92 Å². The molecule has 178 valence electrons. The van der Waals surface area contributed by atoms with Gasteiger partial charge in [0.15, 0.2) is 0 Å². The topological polar surface area (TPSA) is 52.6 Å². The number of hydrogen-bond donors (Lipinski definition) is 0. The Balaban J connectivity index is 3.24. The van der Waals surface area contributed by atoms with Crippen LogP contribution in [0.1, 0.15) is 122 Å². The van der Waals surface area contributed by atoms with Crippen molar-refractivity contribution >= 4 is 35.1 Å². The summed E-state index contributed by atoms with van der Waals surface area (Å²) in [6, 6.07) is 0. The molecule has 0 spiro atoms. The molecule has 30 heavy (non-hydrogen) atoms. The third kappa shape index (κ3) is 23.8. The van der Waals surface area contributed by atoms with Gasteiger partial charge < -0.3 is 9.47 Å². The number of hydrogen-bond acceptors (Lipinski definition) is 4. The second kappa shape index (κ2) is 23.2. The maximum Gasteiger partial charge on any atom is 0.305 e. The number of halogens is 2. The van der Waals surface area contributed by atoms with Gasteiger partial charge in [0.1, 0.15) is 11.4 Å². The third-order valence-corrected chi connectivity index (χ3v) is 5.40. The second-order valence-electron chi connectivity index (χ2n) is 8.10. The first-order valence-electron chi connectivity index (χ1n) is 12.2. The maximum atomic E-state index is 11.7. The Bertz CT molecular complexity index is 403. The molecule has 0 atom stereocenters. The van der Waals surface area contributed by atoms with Crippen molar-refractivity contribution in [2.75, 3.05) is 13.2 Å². The van der Waals surface area contributed by atoms with Gasteiger partial charge in [-0.1, -0.05) is 90.4 Å². The van der Waals surface area contributed by atoms with Crippen LogP contribution in [0, 0.1) is 0 Å². The van der Waals surface area contributed by atoms with E-state index in [4.69, 9.17) is 32.7 Å². The molecular weight excluding hydrogens is 423 g/mol. The lowest BCUT2D eigenvalue weighted by atomic mass is 10.1. The summed E-state index contributed by atoms with van der Waals surface area (Å²) in [5.74, 6) is -0.308. The lowest BCUT2D eigenvalue weighted by Gasteiger charge is -2.06. The molecule has 0 N–H and O–H groups in total. The number of ether oxygens (including phenoxy) is 2. The predicted octanol–water partition coefficient (Wildman–Crippen LogP) is 7.92. The van der Waals surface area contributed by atoms with Gasteiger partial charge in [0.05, 0.1) is 6.61 Å². The van der Waals surface area contributed by atoms with Gasteiger partial charge in [-0.3, -0.25) is 9.59 Å². The average molecular weight is 468 g/mol. The van der Waals surface area contributed by atoms with Crippen molar-refractivity contribution in [1.29, 1.82) is 0 Å². The van der Waals surface area contributed by atoms with Crippen molar-refractivity contribution in [2.45, 2.75) is 127 Å². The molecule has 0 saturated carbocycles. The first-order chi connectivity index (χ1) is 14.6. The van der Waals surface area contributed by atoms with Crippen LogP contribution in [0.3, 0.4) is 0 Å². The van der Waals surface area contributed by atoms with Gasteiger partial charge in [0.25, 0.3) is 0 Å². The summed E-state index contributed by atoms with van der Waals surface area (Å²) in [7, 11) is 0. The molecule has 0 aromatic rings. The van der Waals surface area contributed by atoms with Gasteiger partial charge in [0.2, 0.25) is 0 Å². The molecule has 0 aliphatic rings. The fraction of sp³-hybridized carbons (Fsp3) is 0.917. The molecule has 0 aliphatic heterocycles. The molecule has 0 amide bonds. The molecule has 4 nitrogen and oxygen atoms in total. The monoisotopic (exact) mass is 466 g/mol. The van der Waals surface area contributed by atoms with Gasteiger partial charge in [0, 0.05) is 12.8 Å². The number of carbonyl (C=O) groups excluding carboxylic acids is 2. The van der Waals surface area contributed by atoms with Crippen molar-refractivity contribution in [2.24, 2.45) is 0 Å². The van der Waals surface area contributed by atoms with Crippen molar-refractivity contribution < 1.29 is 19.1 Å². The van der Waals surface area contributed by atoms with Crippen LogP contribution in [-0.2, 0) is 19.1 Å². The molecule has 0 bridgehead atoms. The smallest absolute Gasteiger partial charge is 0.305 e. The number of rotatable bonds is 22. The molecule has 0 heterocycles. The molecule has 0 aromatic carbocycles. The highest BCUT2D eigenvalue weighted by atomic mass is 35.5. The minimum Gasteiger partial charge on any atom is -0.466 e. The van der Waals surface area contributed by atoms with E-state index in [1.165, 1.54) is 51.4 Å². The number of unbranched alkanes of at least 4 members (excludes halogenated alkanes) is 14. The summed E-state index contributed by atoms with van der Waals surface area (Å²) in [5.41, 5.74) is 0. The number of carbonyl (C=O) groups is 2. The SMILES string of the molecule is CCCCCCCCCCCCOC(=O)CCCCCCCCC(=O)OCC(Cl)Cl. The Hall–Kier alpha value is -0.480. The average Bonchev–Trinajstić information content (AvgIpc) is 2.72. The Kier molecular flexibility index (Phi) is 22.8. The number of esters is 2. The molecular formula is C24H44Cl2O4. The zero-order valence-corrected chi connectivity index (χ0v) is 20.6. The fourth-order valence-corrected chi connectivity index (χ4v) is 3.45. The molecule has 6 heteroatoms. The fourth-order valence-electron chi connectivity index (χ4n) is 3.32. The van der Waals surface area contributed by atoms with E-state index < -0.39 is 4.84 Å². The first-order valence-corrected chi connectivity index (χ1v) is 13.0. The lowest BCUT2D eigenvalue weighted by Crippen LogP contribution is -2.09. The minimum atomic E-state index is -0.657. The van der Waals surface area contributed by atoms with Crippen molar-refractivity contribution in [3.8, 4) is 0 Å². The Morgan fingerprint density at radius 2 is 1.00 bits per heavy atom. The van der Waals surface area contributed by atoms with E-state index in [0.29, 0.717) is 19.4 Å². The summed E-state index contributed by atoms with van der Waals surface area (Å²) < 4.78 is 10.2. The highest BCUT2D eigenvalue weighted by Gasteiger charge is 2.06. The second-order valence-corrected chi connectivity index (χ2v) is 9.37. The summed E-state index contributed by atoms with van der Waals surface area (Å²) in [6.07, 6.45) is 19.6. The van der Waals surface area contributed by atoms with Gasteiger partial charge in [-0.15, -0.1) is 23.2 Å². The van der Waals surface area contributed by atoms with Crippen molar-refractivity contribution in [3.63, 3.8) is 0 Å². The molecule has 0 unspecified atom stereocenters. The highest BCUT2D eigenvalue weighted by molar-refractivity contribution is 6.44. The van der Waals surface area contributed by atoms with E-state index >= 15 is 0 Å². The number of alkyl halides is 2. The lowest BCUT2D eigenvalue weighted by molar-refractivity contribution is -0.144. The molecule has 0 aliphatic carbocycles. The van der Waals surface area contributed by atoms with Gasteiger partial charge >= 0.3 is 11.9 Å². The largest absolute Gasteiger partial charge is 0.466 e. The van der Waals surface area contributed by atoms with Crippen LogP contribution < -0.4 is 0 Å². The van der Waals surface area contributed by atoms with E-state index in [1.807, 2.05) is 0 Å². The molecule has 0 aromatic heterocycles. The molecule has 0 rings (SSSR count). The minimum absolute atomic E-state index is 0.0528. The van der Waals surface area contributed by atoms with Crippen molar-refractivity contribution in [1.82, 2.24) is 0 Å². The first kappa shape index (κ1) is 29.5. The van der Waals surface area contributed by atoms with Gasteiger partial charge in [-0.05, 0) is 19.3 Å². The van der Waals surface area contributed by atoms with Crippen molar-refractivity contribution in [3.05, 3.63) is 0 Å². The summed E-state index contributed by atoms with van der Waals surface area (Å²) in [5, 5.41) is 0. The highest BCUT2D eigenvalue weighted by Crippen LogP contribution is 2.12. The molecule has 0 radical (unpaired) electrons. The van der Waals surface area contributed by atoms with E-state index in [9.17, 15) is 9.59 Å². The predicted molar refractivity (Wildman–Crippen MR) is 126 cm³/mol. The van der Waals surface area contributed by atoms with Gasteiger partial charge in [-0.2, -0.15) is 0 Å². The zero-order chi connectivity index (χ0) is 22.3. The van der Waals surface area contributed by atoms with Crippen LogP contribution in [0.15, 0.2) is 0 Å². The van der Waals surface area contributed by atoms with E-state index in [-0.39, 0.29) is 18.5 Å². The Morgan fingerprint density at radius 3 is 1.47 bits per heavy atom. The van der Waals surface area contributed by atoms with Gasteiger partial charge in [-0.25, -0.2) is 0 Å². The summed E-state index contributed by atoms with van der Waals surface area (Å²) in [4.78, 5) is 22.5. The summed E-state index contributed by atoms with van der Waals surface area (Å²) >= 11 is 11.0. The van der Waals surface area contributed by atoms with Crippen LogP contribution >= 0.6 is 23.2 Å². The normalized spacial score (nSPS) is 11.1. The zero-order valence-electron chi connectivity index (χ0n) is 19.1. The van der Waals surface area contributed by atoms with Crippen LogP contribution in [-0.4, -0.2) is 30.0 Å². The molecule has 0 saturated heterocycles. The van der Waals surface area contributed by atoms with Crippen LogP contribution in [0.2, 0.25) is 0 Å². The Morgan fingerprint density at radius 1 is 0.600 bits per heavy atom. The Labute approximate surface area is 194 Å². The van der Waals surface area contributed by atoms with Crippen LogP contribution in [0.4, 0.5) is 0 Å².